The van der Waals surface area contributed by atoms with Gasteiger partial charge in [0.1, 0.15) is 0 Å². The van der Waals surface area contributed by atoms with Gasteiger partial charge < -0.3 is 9.47 Å². The molecule has 8 nitrogen and oxygen atoms in total. The Bertz CT molecular complexity index is 1100. The van der Waals surface area contributed by atoms with Gasteiger partial charge in [-0.1, -0.05) is 0 Å². The molecule has 0 aliphatic carbocycles. The van der Waals surface area contributed by atoms with E-state index in [4.69, 9.17) is 4.74 Å². The highest BCUT2D eigenvalue weighted by atomic mass is 19.3. The molecule has 156 valence electrons. The number of anilines is 1. The number of carbonyl (C=O) groups is 1. The lowest BCUT2D eigenvalue weighted by Crippen LogP contribution is -2.25. The Morgan fingerprint density at radius 3 is 2.73 bits per heavy atom. The first-order valence-electron chi connectivity index (χ1n) is 9.29. The Hall–Kier alpha value is -3.56. The largest absolute Gasteiger partial charge is 0.478 e. The van der Waals surface area contributed by atoms with Gasteiger partial charge >= 0.3 is 6.61 Å². The monoisotopic (exact) mass is 415 g/mol. The first-order valence-corrected chi connectivity index (χ1v) is 9.29. The summed E-state index contributed by atoms with van der Waals surface area (Å²) < 4.78 is 36.6. The standard InChI is InChI=1S/C20H19F2N5O3/c1-4-26-10-13(9-24-26)27-11(2)17-14(19(27)28)5-6-15(25-17)12-7-16(30-20(21)22)18(29-3)23-8-12/h5-11,20H,4H2,1-3H3/t11-/m1/s1. The SMILES string of the molecule is CCn1cc(N2C(=O)c3ccc(-c4cnc(OC)c(OC(F)F)c4)nc3[C@H]2C)cn1. The van der Waals surface area contributed by atoms with Crippen molar-refractivity contribution in [2.45, 2.75) is 33.0 Å². The van der Waals surface area contributed by atoms with Gasteiger partial charge in [-0.05, 0) is 32.0 Å². The normalized spacial score (nSPS) is 15.6. The summed E-state index contributed by atoms with van der Waals surface area (Å²) in [5, 5.41) is 4.23. The number of fused-ring (bicyclic) bond motifs is 1. The third-order valence-corrected chi connectivity index (χ3v) is 4.90. The van der Waals surface area contributed by atoms with Gasteiger partial charge in [-0.15, -0.1) is 0 Å². The summed E-state index contributed by atoms with van der Waals surface area (Å²) in [5.41, 5.74) is 2.71. The quantitative estimate of drug-likeness (QED) is 0.611. The van der Waals surface area contributed by atoms with Crippen LogP contribution in [0.5, 0.6) is 11.6 Å². The highest BCUT2D eigenvalue weighted by molar-refractivity contribution is 6.10. The van der Waals surface area contributed by atoms with Gasteiger partial charge in [0.15, 0.2) is 5.75 Å². The van der Waals surface area contributed by atoms with Crippen LogP contribution in [-0.2, 0) is 6.54 Å². The van der Waals surface area contributed by atoms with E-state index in [2.05, 4.69) is 19.8 Å². The van der Waals surface area contributed by atoms with Crippen molar-refractivity contribution >= 4 is 11.6 Å². The summed E-state index contributed by atoms with van der Waals surface area (Å²) in [6, 6.07) is 4.40. The minimum absolute atomic E-state index is 0.0529. The Morgan fingerprint density at radius 1 is 1.27 bits per heavy atom. The highest BCUT2D eigenvalue weighted by Gasteiger charge is 2.37. The van der Waals surface area contributed by atoms with Crippen molar-refractivity contribution in [1.29, 1.82) is 0 Å². The summed E-state index contributed by atoms with van der Waals surface area (Å²) in [5.74, 6) is -0.408. The molecule has 0 bridgehead atoms. The lowest BCUT2D eigenvalue weighted by molar-refractivity contribution is -0.0515. The fourth-order valence-electron chi connectivity index (χ4n) is 3.46. The van der Waals surface area contributed by atoms with Gasteiger partial charge in [-0.25, -0.2) is 9.97 Å². The summed E-state index contributed by atoms with van der Waals surface area (Å²) in [6.45, 7) is 1.52. The van der Waals surface area contributed by atoms with Crippen LogP contribution in [-0.4, -0.2) is 39.4 Å². The highest BCUT2D eigenvalue weighted by Crippen LogP contribution is 2.38. The van der Waals surface area contributed by atoms with E-state index in [1.54, 1.807) is 27.9 Å². The van der Waals surface area contributed by atoms with Crippen LogP contribution in [0.1, 0.15) is 35.9 Å². The van der Waals surface area contributed by atoms with Crippen molar-refractivity contribution in [3.05, 3.63) is 48.0 Å². The number of rotatable bonds is 6. The molecule has 0 N–H and O–H groups in total. The predicted octanol–water partition coefficient (Wildman–Crippen LogP) is 3.69. The van der Waals surface area contributed by atoms with Crippen LogP contribution in [0.4, 0.5) is 14.5 Å². The van der Waals surface area contributed by atoms with Crippen LogP contribution in [0.2, 0.25) is 0 Å². The van der Waals surface area contributed by atoms with Gasteiger partial charge in [-0.3, -0.25) is 14.4 Å². The van der Waals surface area contributed by atoms with E-state index in [-0.39, 0.29) is 23.6 Å². The second kappa shape index (κ2) is 7.69. The molecular formula is C20H19F2N5O3. The maximum absolute atomic E-state index is 12.9. The van der Waals surface area contributed by atoms with Crippen LogP contribution in [0.15, 0.2) is 36.8 Å². The third kappa shape index (κ3) is 3.34. The van der Waals surface area contributed by atoms with Gasteiger partial charge in [0.25, 0.3) is 11.8 Å². The van der Waals surface area contributed by atoms with Crippen LogP contribution in [0.25, 0.3) is 11.3 Å². The van der Waals surface area contributed by atoms with Crippen molar-refractivity contribution < 1.29 is 23.0 Å². The number of methoxy groups -OCH3 is 1. The fraction of sp³-hybridized carbons (Fsp3) is 0.300. The maximum Gasteiger partial charge on any atom is 0.387 e. The maximum atomic E-state index is 12.9. The number of nitrogens with zero attached hydrogens (tertiary/aromatic N) is 5. The molecule has 4 rings (SSSR count). The van der Waals surface area contributed by atoms with Crippen molar-refractivity contribution in [2.24, 2.45) is 0 Å². The molecule has 0 unspecified atom stereocenters. The second-order valence-corrected chi connectivity index (χ2v) is 6.64. The molecule has 1 atom stereocenters. The number of alkyl halides is 2. The molecule has 0 aromatic carbocycles. The summed E-state index contributed by atoms with van der Waals surface area (Å²) in [4.78, 5) is 23.2. The van der Waals surface area contributed by atoms with Gasteiger partial charge in [-0.2, -0.15) is 13.9 Å². The lowest BCUT2D eigenvalue weighted by atomic mass is 10.1. The number of aromatic nitrogens is 4. The fourth-order valence-corrected chi connectivity index (χ4v) is 3.46. The van der Waals surface area contributed by atoms with Gasteiger partial charge in [0, 0.05) is 24.5 Å². The van der Waals surface area contributed by atoms with Crippen LogP contribution in [0, 0.1) is 0 Å². The number of halogens is 2. The zero-order chi connectivity index (χ0) is 21.4. The number of hydrogen-bond acceptors (Lipinski definition) is 6. The zero-order valence-electron chi connectivity index (χ0n) is 16.5. The molecule has 30 heavy (non-hydrogen) atoms. The molecule has 0 saturated heterocycles. The zero-order valence-corrected chi connectivity index (χ0v) is 16.5. The summed E-state index contributed by atoms with van der Waals surface area (Å²) >= 11 is 0. The smallest absolute Gasteiger partial charge is 0.387 e. The average molecular weight is 415 g/mol. The Labute approximate surface area is 171 Å². The molecule has 1 aliphatic rings. The van der Waals surface area contributed by atoms with E-state index in [0.717, 1.165) is 0 Å². The van der Waals surface area contributed by atoms with Crippen LogP contribution >= 0.6 is 0 Å². The number of hydrogen-bond donors (Lipinski definition) is 0. The topological polar surface area (TPSA) is 82.4 Å². The summed E-state index contributed by atoms with van der Waals surface area (Å²) in [7, 11) is 1.32. The Morgan fingerprint density at radius 2 is 2.07 bits per heavy atom. The Kier molecular flexibility index (Phi) is 5.06. The van der Waals surface area contributed by atoms with Gasteiger partial charge in [0.05, 0.1) is 42.0 Å². The van der Waals surface area contributed by atoms with E-state index in [1.807, 2.05) is 20.0 Å². The molecular weight excluding hydrogens is 396 g/mol. The molecule has 0 spiro atoms. The summed E-state index contributed by atoms with van der Waals surface area (Å²) in [6.07, 6.45) is 4.91. The number of amides is 1. The first-order chi connectivity index (χ1) is 14.4. The van der Waals surface area contributed by atoms with E-state index in [0.29, 0.717) is 34.7 Å². The molecule has 3 aromatic rings. The molecule has 0 saturated carbocycles. The number of carbonyl (C=O) groups excluding carboxylic acids is 1. The van der Waals surface area contributed by atoms with Gasteiger partial charge in [0.2, 0.25) is 0 Å². The lowest BCUT2D eigenvalue weighted by Gasteiger charge is -2.19. The molecule has 1 amide bonds. The molecule has 0 radical (unpaired) electrons. The molecule has 1 aliphatic heterocycles. The van der Waals surface area contributed by atoms with Crippen molar-refractivity contribution in [3.63, 3.8) is 0 Å². The molecule has 4 heterocycles. The van der Waals surface area contributed by atoms with Crippen molar-refractivity contribution in [1.82, 2.24) is 19.7 Å². The molecule has 3 aromatic heterocycles. The van der Waals surface area contributed by atoms with Crippen LogP contribution in [0.3, 0.4) is 0 Å². The van der Waals surface area contributed by atoms with Crippen molar-refractivity contribution in [2.75, 3.05) is 12.0 Å². The Balaban J connectivity index is 1.70. The predicted molar refractivity (Wildman–Crippen MR) is 104 cm³/mol. The second-order valence-electron chi connectivity index (χ2n) is 6.64. The first kappa shape index (κ1) is 19.7. The minimum atomic E-state index is -3.01. The average Bonchev–Trinajstić information content (AvgIpc) is 3.30. The van der Waals surface area contributed by atoms with Crippen LogP contribution < -0.4 is 14.4 Å². The number of ether oxygens (including phenoxy) is 2. The van der Waals surface area contributed by atoms with E-state index < -0.39 is 6.61 Å². The van der Waals surface area contributed by atoms with Crippen molar-refractivity contribution in [3.8, 4) is 22.9 Å². The molecule has 0 fully saturated rings. The van der Waals surface area contributed by atoms with E-state index in [1.165, 1.54) is 19.4 Å². The third-order valence-electron chi connectivity index (χ3n) is 4.90. The van der Waals surface area contributed by atoms with E-state index >= 15 is 0 Å². The number of aryl methyl sites for hydroxylation is 1. The van der Waals surface area contributed by atoms with E-state index in [9.17, 15) is 13.6 Å². The minimum Gasteiger partial charge on any atom is -0.478 e. The molecule has 10 heteroatoms. The number of pyridine rings is 2.